The molecule has 2 aromatic carbocycles. The number of rotatable bonds is 4. The second-order valence-corrected chi connectivity index (χ2v) is 5.28. The summed E-state index contributed by atoms with van der Waals surface area (Å²) in [6, 6.07) is 9.29. The first-order valence-electron chi connectivity index (χ1n) is 6.38. The fourth-order valence-corrected chi connectivity index (χ4v) is 1.85. The van der Waals surface area contributed by atoms with Gasteiger partial charge in [0, 0.05) is 10.5 Å². The maximum atomic E-state index is 13.4. The first kappa shape index (κ1) is 16.9. The first-order valence-corrected chi connectivity index (χ1v) is 7.17. The highest BCUT2D eigenvalue weighted by Crippen LogP contribution is 2.15. The number of halogens is 3. The smallest absolute Gasteiger partial charge is 0.276 e. The van der Waals surface area contributed by atoms with Crippen LogP contribution in [0.25, 0.3) is 0 Å². The molecule has 0 unspecified atom stereocenters. The summed E-state index contributed by atoms with van der Waals surface area (Å²) in [5.74, 6) is -2.89. The van der Waals surface area contributed by atoms with Crippen molar-refractivity contribution >= 4 is 27.7 Å². The molecule has 2 rings (SSSR count). The molecule has 0 saturated heterocycles. The molecular formula is C15H11BrF2N2O3. The van der Waals surface area contributed by atoms with Crippen LogP contribution in [0, 0.1) is 11.6 Å². The Bertz CT molecular complexity index is 723. The van der Waals surface area contributed by atoms with E-state index in [9.17, 15) is 18.4 Å². The predicted octanol–water partition coefficient (Wildman–Crippen LogP) is 2.57. The Morgan fingerprint density at radius 3 is 2.39 bits per heavy atom. The lowest BCUT2D eigenvalue weighted by Crippen LogP contribution is -2.44. The van der Waals surface area contributed by atoms with Crippen molar-refractivity contribution in [1.29, 1.82) is 0 Å². The van der Waals surface area contributed by atoms with Crippen LogP contribution in [0.5, 0.6) is 5.75 Å². The minimum absolute atomic E-state index is 0.339. The lowest BCUT2D eigenvalue weighted by atomic mass is 10.2. The third-order valence-electron chi connectivity index (χ3n) is 2.67. The third kappa shape index (κ3) is 5.03. The van der Waals surface area contributed by atoms with Gasteiger partial charge in [0.1, 0.15) is 17.4 Å². The van der Waals surface area contributed by atoms with Crippen LogP contribution in [0.4, 0.5) is 8.78 Å². The van der Waals surface area contributed by atoms with Crippen molar-refractivity contribution in [2.24, 2.45) is 0 Å². The van der Waals surface area contributed by atoms with E-state index in [1.54, 1.807) is 24.3 Å². The summed E-state index contributed by atoms with van der Waals surface area (Å²) in [5.41, 5.74) is 3.70. The van der Waals surface area contributed by atoms with E-state index in [4.69, 9.17) is 4.74 Å². The van der Waals surface area contributed by atoms with Crippen LogP contribution in [-0.4, -0.2) is 18.4 Å². The Balaban J connectivity index is 1.81. The largest absolute Gasteiger partial charge is 0.484 e. The van der Waals surface area contributed by atoms with Gasteiger partial charge in [-0.15, -0.1) is 0 Å². The monoisotopic (exact) mass is 384 g/mol. The molecule has 8 heteroatoms. The fraction of sp³-hybridized carbons (Fsp3) is 0.0667. The quantitative estimate of drug-likeness (QED) is 0.796. The normalized spacial score (nSPS) is 10.0. The van der Waals surface area contributed by atoms with Crippen LogP contribution in [0.1, 0.15) is 10.4 Å². The van der Waals surface area contributed by atoms with Crippen molar-refractivity contribution in [2.75, 3.05) is 6.61 Å². The van der Waals surface area contributed by atoms with Crippen LogP contribution >= 0.6 is 15.9 Å². The van der Waals surface area contributed by atoms with E-state index in [0.717, 1.165) is 16.6 Å². The standard InChI is InChI=1S/C15H11BrF2N2O3/c16-9-1-4-11(5-2-9)23-8-14(21)19-20-15(22)12-6-3-10(17)7-13(12)18/h1-7H,8H2,(H,19,21)(H,20,22). The Morgan fingerprint density at radius 1 is 1.04 bits per heavy atom. The van der Waals surface area contributed by atoms with E-state index in [2.05, 4.69) is 21.4 Å². The van der Waals surface area contributed by atoms with E-state index in [0.29, 0.717) is 11.8 Å². The molecule has 0 atom stereocenters. The summed E-state index contributed by atoms with van der Waals surface area (Å²) in [7, 11) is 0. The van der Waals surface area contributed by atoms with Crippen molar-refractivity contribution in [3.05, 3.63) is 64.1 Å². The zero-order valence-corrected chi connectivity index (χ0v) is 13.2. The Kier molecular flexibility index (Phi) is 5.64. The molecule has 0 fully saturated rings. The number of nitrogens with one attached hydrogen (secondary N) is 2. The fourth-order valence-electron chi connectivity index (χ4n) is 1.58. The van der Waals surface area contributed by atoms with Gasteiger partial charge in [0.05, 0.1) is 5.56 Å². The first-order chi connectivity index (χ1) is 11.0. The molecule has 5 nitrogen and oxygen atoms in total. The summed E-state index contributed by atoms with van der Waals surface area (Å²) >= 11 is 3.26. The van der Waals surface area contributed by atoms with Crippen LogP contribution in [0.2, 0.25) is 0 Å². The van der Waals surface area contributed by atoms with Gasteiger partial charge in [-0.3, -0.25) is 20.4 Å². The Labute approximate surface area is 138 Å². The molecule has 0 spiro atoms. The summed E-state index contributed by atoms with van der Waals surface area (Å²) in [4.78, 5) is 23.2. The molecule has 0 aromatic heterocycles. The van der Waals surface area contributed by atoms with Gasteiger partial charge in [-0.1, -0.05) is 15.9 Å². The maximum absolute atomic E-state index is 13.4. The van der Waals surface area contributed by atoms with Gasteiger partial charge in [0.15, 0.2) is 6.61 Å². The zero-order chi connectivity index (χ0) is 16.8. The van der Waals surface area contributed by atoms with Crippen LogP contribution in [0.15, 0.2) is 46.9 Å². The SMILES string of the molecule is O=C(COc1ccc(Br)cc1)NNC(=O)c1ccc(F)cc1F. The molecule has 0 aliphatic heterocycles. The van der Waals surface area contributed by atoms with Crippen molar-refractivity contribution in [3.8, 4) is 5.75 Å². The Hall–Kier alpha value is -2.48. The Morgan fingerprint density at radius 2 is 1.74 bits per heavy atom. The van der Waals surface area contributed by atoms with Gasteiger partial charge in [0.2, 0.25) is 0 Å². The van der Waals surface area contributed by atoms with E-state index < -0.39 is 23.4 Å². The van der Waals surface area contributed by atoms with Gasteiger partial charge in [0.25, 0.3) is 11.8 Å². The maximum Gasteiger partial charge on any atom is 0.276 e. The van der Waals surface area contributed by atoms with E-state index >= 15 is 0 Å². The van der Waals surface area contributed by atoms with E-state index in [1.165, 1.54) is 0 Å². The minimum Gasteiger partial charge on any atom is -0.484 e. The highest BCUT2D eigenvalue weighted by atomic mass is 79.9. The van der Waals surface area contributed by atoms with E-state index in [-0.39, 0.29) is 12.2 Å². The summed E-state index contributed by atoms with van der Waals surface area (Å²) in [6.07, 6.45) is 0. The lowest BCUT2D eigenvalue weighted by molar-refractivity contribution is -0.123. The van der Waals surface area contributed by atoms with Crippen molar-refractivity contribution in [2.45, 2.75) is 0 Å². The number of benzene rings is 2. The van der Waals surface area contributed by atoms with Crippen molar-refractivity contribution < 1.29 is 23.1 Å². The molecule has 2 N–H and O–H groups in total. The van der Waals surface area contributed by atoms with E-state index in [1.807, 2.05) is 5.43 Å². The molecule has 23 heavy (non-hydrogen) atoms. The molecule has 2 aromatic rings. The number of amides is 2. The lowest BCUT2D eigenvalue weighted by Gasteiger charge is -2.09. The summed E-state index contributed by atoms with van der Waals surface area (Å²) in [5, 5.41) is 0. The summed E-state index contributed by atoms with van der Waals surface area (Å²) in [6.45, 7) is -0.339. The highest BCUT2D eigenvalue weighted by Gasteiger charge is 2.13. The van der Waals surface area contributed by atoms with Crippen LogP contribution in [0.3, 0.4) is 0 Å². The van der Waals surface area contributed by atoms with Crippen molar-refractivity contribution in [1.82, 2.24) is 10.9 Å². The average molecular weight is 385 g/mol. The molecule has 0 heterocycles. The highest BCUT2D eigenvalue weighted by molar-refractivity contribution is 9.10. The molecule has 120 valence electrons. The molecule has 0 radical (unpaired) electrons. The second kappa shape index (κ2) is 7.68. The molecular weight excluding hydrogens is 374 g/mol. The summed E-state index contributed by atoms with van der Waals surface area (Å²) < 4.78 is 32.2. The van der Waals surface area contributed by atoms with Crippen LogP contribution < -0.4 is 15.6 Å². The predicted molar refractivity (Wildman–Crippen MR) is 81.6 cm³/mol. The molecule has 0 aliphatic rings. The van der Waals surface area contributed by atoms with Gasteiger partial charge in [-0.25, -0.2) is 8.78 Å². The van der Waals surface area contributed by atoms with Gasteiger partial charge < -0.3 is 4.74 Å². The average Bonchev–Trinajstić information content (AvgIpc) is 2.52. The van der Waals surface area contributed by atoms with Crippen molar-refractivity contribution in [3.63, 3.8) is 0 Å². The number of hydrogen-bond acceptors (Lipinski definition) is 3. The molecule has 0 saturated carbocycles. The molecule has 2 amide bonds. The van der Waals surface area contributed by atoms with Gasteiger partial charge >= 0.3 is 0 Å². The number of hydrazine groups is 1. The van der Waals surface area contributed by atoms with Crippen LogP contribution in [-0.2, 0) is 4.79 Å². The minimum atomic E-state index is -1.03. The number of ether oxygens (including phenoxy) is 1. The second-order valence-electron chi connectivity index (χ2n) is 4.37. The topological polar surface area (TPSA) is 67.4 Å². The molecule has 0 bridgehead atoms. The number of carbonyl (C=O) groups is 2. The number of carbonyl (C=O) groups excluding carboxylic acids is 2. The zero-order valence-electron chi connectivity index (χ0n) is 11.6. The van der Waals surface area contributed by atoms with Gasteiger partial charge in [-0.2, -0.15) is 0 Å². The number of hydrogen-bond donors (Lipinski definition) is 2. The molecule has 0 aliphatic carbocycles. The third-order valence-corrected chi connectivity index (χ3v) is 3.20. The van der Waals surface area contributed by atoms with Gasteiger partial charge in [-0.05, 0) is 36.4 Å².